The molecule has 2 aromatic heterocycles. The minimum Gasteiger partial charge on any atom is -0.493 e. The van der Waals surface area contributed by atoms with Crippen LogP contribution in [-0.4, -0.2) is 37.4 Å². The lowest BCUT2D eigenvalue weighted by molar-refractivity contribution is 0.0517. The molecule has 0 saturated heterocycles. The first-order chi connectivity index (χ1) is 14.1. The van der Waals surface area contributed by atoms with Gasteiger partial charge >= 0.3 is 5.97 Å². The predicted molar refractivity (Wildman–Crippen MR) is 105 cm³/mol. The summed E-state index contributed by atoms with van der Waals surface area (Å²) in [5.41, 5.74) is 2.75. The van der Waals surface area contributed by atoms with Crippen molar-refractivity contribution in [2.24, 2.45) is 0 Å². The fraction of sp³-hybridized carbons (Fsp3) is 0.190. The fourth-order valence-corrected chi connectivity index (χ4v) is 3.14. The fourth-order valence-electron chi connectivity index (χ4n) is 3.14. The summed E-state index contributed by atoms with van der Waals surface area (Å²) in [6.07, 6.45) is 0.817. The van der Waals surface area contributed by atoms with Gasteiger partial charge in [0.1, 0.15) is 5.82 Å². The van der Waals surface area contributed by atoms with Crippen LogP contribution in [0.15, 0.2) is 48.5 Å². The Hall–Kier alpha value is -3.68. The van der Waals surface area contributed by atoms with E-state index in [1.807, 2.05) is 24.3 Å². The Morgan fingerprint density at radius 1 is 1.17 bits per heavy atom. The summed E-state index contributed by atoms with van der Waals surface area (Å²) in [4.78, 5) is 19.9. The van der Waals surface area contributed by atoms with Crippen molar-refractivity contribution in [3.8, 4) is 11.8 Å². The smallest absolute Gasteiger partial charge is 0.359 e. The number of ether oxygens (including phenoxy) is 1. The van der Waals surface area contributed by atoms with Crippen molar-refractivity contribution in [2.45, 2.75) is 19.8 Å². The third-order valence-corrected chi connectivity index (χ3v) is 4.58. The van der Waals surface area contributed by atoms with Gasteiger partial charge in [-0.15, -0.1) is 0 Å². The highest BCUT2D eigenvalue weighted by molar-refractivity contribution is 5.89. The maximum absolute atomic E-state index is 13.1. The third kappa shape index (κ3) is 3.69. The number of hydrogen-bond donors (Lipinski definition) is 2. The second-order valence-corrected chi connectivity index (χ2v) is 6.49. The first kappa shape index (κ1) is 18.7. The number of halogens is 1. The van der Waals surface area contributed by atoms with Gasteiger partial charge in [-0.25, -0.2) is 14.2 Å². The van der Waals surface area contributed by atoms with Gasteiger partial charge in [-0.3, -0.25) is 0 Å². The molecule has 0 spiro atoms. The molecule has 2 N–H and O–H groups in total. The van der Waals surface area contributed by atoms with E-state index < -0.39 is 5.97 Å². The number of nitrogens with one attached hydrogen (secondary N) is 1. The first-order valence-corrected chi connectivity index (χ1v) is 9.24. The van der Waals surface area contributed by atoms with Gasteiger partial charge in [0.25, 0.3) is 0 Å². The lowest BCUT2D eigenvalue weighted by Gasteiger charge is -2.04. The van der Waals surface area contributed by atoms with E-state index in [2.05, 4.69) is 15.1 Å². The molecule has 0 unspecified atom stereocenters. The summed E-state index contributed by atoms with van der Waals surface area (Å²) < 4.78 is 19.4. The van der Waals surface area contributed by atoms with Crippen molar-refractivity contribution in [1.29, 1.82) is 0 Å². The molecule has 0 saturated carbocycles. The number of fused-ring (bicyclic) bond motifs is 1. The summed E-state index contributed by atoms with van der Waals surface area (Å²) in [6.45, 7) is 1.89. The van der Waals surface area contributed by atoms with Gasteiger partial charge in [0.15, 0.2) is 5.69 Å². The van der Waals surface area contributed by atoms with E-state index in [9.17, 15) is 14.3 Å². The molecule has 148 valence electrons. The monoisotopic (exact) mass is 394 g/mol. The molecule has 2 heterocycles. The van der Waals surface area contributed by atoms with Crippen LogP contribution >= 0.6 is 0 Å². The molecule has 0 amide bonds. The normalized spacial score (nSPS) is 11.1. The summed E-state index contributed by atoms with van der Waals surface area (Å²) in [6, 6.07) is 13.5. The zero-order valence-corrected chi connectivity index (χ0v) is 15.7. The lowest BCUT2D eigenvalue weighted by Crippen LogP contribution is -2.09. The van der Waals surface area contributed by atoms with Crippen molar-refractivity contribution < 1.29 is 19.0 Å². The van der Waals surface area contributed by atoms with Crippen LogP contribution in [0.5, 0.6) is 5.88 Å². The highest BCUT2D eigenvalue weighted by Gasteiger charge is 2.25. The molecule has 0 aliphatic heterocycles. The van der Waals surface area contributed by atoms with Crippen molar-refractivity contribution in [3.05, 3.63) is 71.2 Å². The second kappa shape index (κ2) is 7.75. The molecule has 0 atom stereocenters. The standard InChI is InChI=1S/C21H19FN4O3/c1-2-29-20(28)18-15(12-9-13-7-10-14(22)11-8-13)19(27)26(25-18)21-23-16-5-3-4-6-17(16)24-21/h3-8,10-11,27H,2,9,12H2,1H3,(H,23,24). The van der Waals surface area contributed by atoms with Crippen LogP contribution in [0.3, 0.4) is 0 Å². The molecule has 4 rings (SSSR count). The van der Waals surface area contributed by atoms with E-state index in [1.54, 1.807) is 19.1 Å². The van der Waals surface area contributed by atoms with Gasteiger partial charge in [-0.2, -0.15) is 9.78 Å². The quantitative estimate of drug-likeness (QED) is 0.488. The Balaban J connectivity index is 1.71. The second-order valence-electron chi connectivity index (χ2n) is 6.49. The summed E-state index contributed by atoms with van der Waals surface area (Å²) in [5, 5.41) is 15.1. The molecular formula is C21H19FN4O3. The molecule has 0 radical (unpaired) electrons. The Morgan fingerprint density at radius 3 is 2.66 bits per heavy atom. The molecule has 0 fully saturated rings. The molecule has 0 aliphatic carbocycles. The molecule has 8 heteroatoms. The zero-order valence-electron chi connectivity index (χ0n) is 15.7. The highest BCUT2D eigenvalue weighted by Crippen LogP contribution is 2.27. The number of carbonyl (C=O) groups is 1. The van der Waals surface area contributed by atoms with E-state index in [4.69, 9.17) is 4.74 Å². The van der Waals surface area contributed by atoms with E-state index in [0.29, 0.717) is 29.9 Å². The van der Waals surface area contributed by atoms with E-state index in [1.165, 1.54) is 16.8 Å². The molecule has 0 bridgehead atoms. The first-order valence-electron chi connectivity index (χ1n) is 9.24. The Labute approximate surface area is 165 Å². The number of aromatic hydroxyl groups is 1. The highest BCUT2D eigenvalue weighted by atomic mass is 19.1. The van der Waals surface area contributed by atoms with Gasteiger partial charge in [0, 0.05) is 5.56 Å². The number of carbonyl (C=O) groups excluding carboxylic acids is 1. The number of para-hydroxylation sites is 2. The number of rotatable bonds is 6. The molecule has 2 aromatic carbocycles. The minimum atomic E-state index is -0.619. The van der Waals surface area contributed by atoms with Gasteiger partial charge < -0.3 is 14.8 Å². The number of aryl methyl sites for hydroxylation is 1. The molecule has 7 nitrogen and oxygen atoms in total. The molecular weight excluding hydrogens is 375 g/mol. The van der Waals surface area contributed by atoms with Crippen LogP contribution in [0.4, 0.5) is 4.39 Å². The van der Waals surface area contributed by atoms with Gasteiger partial charge in [-0.05, 0) is 49.6 Å². The van der Waals surface area contributed by atoms with Gasteiger partial charge in [0.05, 0.1) is 17.6 Å². The van der Waals surface area contributed by atoms with Crippen molar-refractivity contribution in [3.63, 3.8) is 0 Å². The predicted octanol–water partition coefficient (Wildman–Crippen LogP) is 3.56. The number of benzene rings is 2. The van der Waals surface area contributed by atoms with Crippen molar-refractivity contribution >= 4 is 17.0 Å². The van der Waals surface area contributed by atoms with Crippen LogP contribution in [0.2, 0.25) is 0 Å². The van der Waals surface area contributed by atoms with Crippen LogP contribution in [-0.2, 0) is 17.6 Å². The zero-order chi connectivity index (χ0) is 20.4. The Bertz CT molecular complexity index is 1130. The topological polar surface area (TPSA) is 93.0 Å². The van der Waals surface area contributed by atoms with Crippen LogP contribution < -0.4 is 0 Å². The minimum absolute atomic E-state index is 0.0342. The maximum atomic E-state index is 13.1. The van der Waals surface area contributed by atoms with Crippen LogP contribution in [0.25, 0.3) is 17.0 Å². The summed E-state index contributed by atoms with van der Waals surface area (Å²) >= 11 is 0. The number of esters is 1. The number of aromatic nitrogens is 4. The molecule has 0 aliphatic rings. The van der Waals surface area contributed by atoms with Crippen molar-refractivity contribution in [1.82, 2.24) is 19.7 Å². The van der Waals surface area contributed by atoms with E-state index >= 15 is 0 Å². The van der Waals surface area contributed by atoms with E-state index in [-0.39, 0.29) is 24.0 Å². The van der Waals surface area contributed by atoms with Crippen molar-refractivity contribution in [2.75, 3.05) is 6.61 Å². The number of nitrogens with zero attached hydrogens (tertiary/aromatic N) is 3. The SMILES string of the molecule is CCOC(=O)c1nn(-c2nc3ccccc3[nH]2)c(O)c1CCc1ccc(F)cc1. The number of hydrogen-bond acceptors (Lipinski definition) is 5. The van der Waals surface area contributed by atoms with Gasteiger partial charge in [0.2, 0.25) is 11.8 Å². The average molecular weight is 394 g/mol. The summed E-state index contributed by atoms with van der Waals surface area (Å²) in [7, 11) is 0. The Morgan fingerprint density at radius 2 is 1.93 bits per heavy atom. The van der Waals surface area contributed by atoms with Crippen LogP contribution in [0.1, 0.15) is 28.5 Å². The molecule has 4 aromatic rings. The summed E-state index contributed by atoms with van der Waals surface area (Å²) in [5.74, 6) is -0.829. The maximum Gasteiger partial charge on any atom is 0.359 e. The lowest BCUT2D eigenvalue weighted by atomic mass is 10.0. The number of imidazole rings is 1. The van der Waals surface area contributed by atoms with E-state index in [0.717, 1.165) is 11.1 Å². The van der Waals surface area contributed by atoms with Gasteiger partial charge in [-0.1, -0.05) is 24.3 Å². The number of aromatic amines is 1. The third-order valence-electron chi connectivity index (χ3n) is 4.58. The average Bonchev–Trinajstić information content (AvgIpc) is 3.28. The molecule has 29 heavy (non-hydrogen) atoms. The number of H-pyrrole nitrogens is 1. The van der Waals surface area contributed by atoms with Crippen LogP contribution in [0, 0.1) is 5.82 Å². The largest absolute Gasteiger partial charge is 0.493 e. The Kier molecular flexibility index (Phi) is 4.99.